The molecule has 74 valence electrons. The minimum absolute atomic E-state index is 0.623. The monoisotopic (exact) mass is 214 g/mol. The van der Waals surface area contributed by atoms with Gasteiger partial charge in [0.15, 0.2) is 0 Å². The Hall–Kier alpha value is -0.820. The van der Waals surface area contributed by atoms with Gasteiger partial charge in [-0.2, -0.15) is 21.6 Å². The lowest BCUT2D eigenvalue weighted by Crippen LogP contribution is -2.27. The normalized spacial score (nSPS) is 23.4. The average Bonchev–Trinajstić information content (AvgIpc) is 2.27. The third kappa shape index (κ3) is 2.10. The van der Waals surface area contributed by atoms with Gasteiger partial charge in [0.1, 0.15) is 5.25 Å². The molecule has 0 radical (unpaired) electrons. The molecule has 0 bridgehead atoms. The third-order valence-corrected chi connectivity index (χ3v) is 2.57. The summed E-state index contributed by atoms with van der Waals surface area (Å²) in [6.45, 7) is 0. The quantitative estimate of drug-likeness (QED) is 0.669. The molecular weight excluding hydrogens is 209 g/mol. The first kappa shape index (κ1) is 10.3. The summed E-state index contributed by atoms with van der Waals surface area (Å²) < 4.78 is 65.5. The molecule has 1 aliphatic carbocycles. The predicted octanol–water partition coefficient (Wildman–Crippen LogP) is 1.30. The molecule has 0 saturated heterocycles. The van der Waals surface area contributed by atoms with E-state index >= 15 is 0 Å². The first-order valence-electron chi connectivity index (χ1n) is 3.15. The van der Waals surface area contributed by atoms with Crippen molar-refractivity contribution in [3.8, 4) is 0 Å². The molecule has 1 unspecified atom stereocenters. The van der Waals surface area contributed by atoms with Gasteiger partial charge in [-0.15, -0.1) is 0 Å². The summed E-state index contributed by atoms with van der Waals surface area (Å²) in [4.78, 5) is 0. The summed E-state index contributed by atoms with van der Waals surface area (Å²) in [6.07, 6.45) is -2.39. The minimum atomic E-state index is -4.73. The first-order chi connectivity index (χ1) is 5.73. The molecule has 3 nitrogen and oxygen atoms in total. The van der Waals surface area contributed by atoms with Crippen molar-refractivity contribution in [2.24, 2.45) is 0 Å². The van der Waals surface area contributed by atoms with Gasteiger partial charge in [-0.05, 0) is 0 Å². The van der Waals surface area contributed by atoms with E-state index in [0.717, 1.165) is 12.2 Å². The lowest BCUT2D eigenvalue weighted by Gasteiger charge is -2.13. The van der Waals surface area contributed by atoms with Crippen LogP contribution in [0.3, 0.4) is 0 Å². The zero-order valence-corrected chi connectivity index (χ0v) is 6.93. The average molecular weight is 214 g/mol. The van der Waals surface area contributed by atoms with Crippen molar-refractivity contribution >= 4 is 10.1 Å². The maximum absolute atomic E-state index is 12.1. The van der Waals surface area contributed by atoms with Crippen molar-refractivity contribution in [3.05, 3.63) is 23.8 Å². The Bertz CT molecular complexity index is 363. The molecule has 1 aliphatic rings. The van der Waals surface area contributed by atoms with Crippen LogP contribution in [0.2, 0.25) is 0 Å². The van der Waals surface area contributed by atoms with Gasteiger partial charge in [0.2, 0.25) is 0 Å². The Kier molecular flexibility index (Phi) is 2.25. The molecule has 1 atom stereocenters. The zero-order chi connectivity index (χ0) is 10.3. The van der Waals surface area contributed by atoms with Crippen LogP contribution in [-0.2, 0) is 10.1 Å². The molecule has 0 fully saturated rings. The lowest BCUT2D eigenvalue weighted by atomic mass is 10.2. The van der Waals surface area contributed by atoms with Crippen molar-refractivity contribution in [2.45, 2.75) is 11.4 Å². The lowest BCUT2D eigenvalue weighted by molar-refractivity contribution is -0.0923. The fraction of sp³-hybridized carbons (Fsp3) is 0.333. The molecule has 0 heterocycles. The zero-order valence-electron chi connectivity index (χ0n) is 6.12. The minimum Gasteiger partial charge on any atom is -0.285 e. The van der Waals surface area contributed by atoms with Crippen LogP contribution in [0.15, 0.2) is 23.8 Å². The highest BCUT2D eigenvalue weighted by atomic mass is 32.2. The van der Waals surface area contributed by atoms with Crippen molar-refractivity contribution in [3.63, 3.8) is 0 Å². The number of hydrogen-bond acceptors (Lipinski definition) is 2. The number of halogens is 3. The molecule has 0 aromatic carbocycles. The van der Waals surface area contributed by atoms with Crippen LogP contribution in [0.1, 0.15) is 0 Å². The number of rotatable bonds is 1. The number of hydrogen-bond donors (Lipinski definition) is 1. The van der Waals surface area contributed by atoms with Crippen molar-refractivity contribution in [1.29, 1.82) is 0 Å². The van der Waals surface area contributed by atoms with Crippen LogP contribution in [0, 0.1) is 0 Å². The van der Waals surface area contributed by atoms with E-state index in [4.69, 9.17) is 4.55 Å². The largest absolute Gasteiger partial charge is 0.414 e. The van der Waals surface area contributed by atoms with Crippen LogP contribution in [0.4, 0.5) is 13.2 Å². The van der Waals surface area contributed by atoms with Crippen LogP contribution in [0.5, 0.6) is 0 Å². The van der Waals surface area contributed by atoms with Gasteiger partial charge in [0.25, 0.3) is 10.1 Å². The van der Waals surface area contributed by atoms with Gasteiger partial charge >= 0.3 is 6.18 Å². The maximum Gasteiger partial charge on any atom is 0.414 e. The van der Waals surface area contributed by atoms with Gasteiger partial charge < -0.3 is 0 Å². The van der Waals surface area contributed by atoms with Crippen molar-refractivity contribution in [2.75, 3.05) is 0 Å². The van der Waals surface area contributed by atoms with E-state index in [1.165, 1.54) is 0 Å². The second-order valence-electron chi connectivity index (χ2n) is 2.44. The van der Waals surface area contributed by atoms with E-state index < -0.39 is 27.1 Å². The topological polar surface area (TPSA) is 54.4 Å². The molecule has 13 heavy (non-hydrogen) atoms. The molecule has 0 amide bonds. The fourth-order valence-electron chi connectivity index (χ4n) is 0.974. The van der Waals surface area contributed by atoms with Crippen LogP contribution in [0.25, 0.3) is 0 Å². The summed E-state index contributed by atoms with van der Waals surface area (Å²) in [5.74, 6) is 0. The molecule has 0 aliphatic heterocycles. The van der Waals surface area contributed by atoms with Crippen molar-refractivity contribution < 1.29 is 26.1 Å². The summed E-state index contributed by atoms with van der Waals surface area (Å²) in [6, 6.07) is 0. The smallest absolute Gasteiger partial charge is 0.285 e. The first-order valence-corrected chi connectivity index (χ1v) is 4.65. The van der Waals surface area contributed by atoms with Crippen molar-refractivity contribution in [1.82, 2.24) is 0 Å². The van der Waals surface area contributed by atoms with E-state index in [0.29, 0.717) is 6.08 Å². The number of allylic oxidation sites excluding steroid dienone is 2. The molecule has 7 heteroatoms. The van der Waals surface area contributed by atoms with E-state index in [9.17, 15) is 21.6 Å². The summed E-state index contributed by atoms with van der Waals surface area (Å²) >= 11 is 0. The van der Waals surface area contributed by atoms with E-state index in [2.05, 4.69) is 0 Å². The summed E-state index contributed by atoms with van der Waals surface area (Å²) in [7, 11) is -4.71. The van der Waals surface area contributed by atoms with Crippen LogP contribution < -0.4 is 0 Å². The molecule has 0 spiro atoms. The molecule has 0 aromatic heterocycles. The Morgan fingerprint density at radius 1 is 1.38 bits per heavy atom. The Labute approximate surface area is 72.3 Å². The van der Waals surface area contributed by atoms with E-state index in [1.807, 2.05) is 0 Å². The van der Waals surface area contributed by atoms with Gasteiger partial charge in [0.05, 0.1) is 5.57 Å². The van der Waals surface area contributed by atoms with Gasteiger partial charge in [0, 0.05) is 0 Å². The highest BCUT2D eigenvalue weighted by Gasteiger charge is 2.43. The maximum atomic E-state index is 12.1. The van der Waals surface area contributed by atoms with E-state index in [1.54, 1.807) is 0 Å². The van der Waals surface area contributed by atoms with Gasteiger partial charge in [-0.25, -0.2) is 0 Å². The SMILES string of the molecule is O=S(=O)(O)C1C=CC=C1C(F)(F)F. The van der Waals surface area contributed by atoms with Crippen LogP contribution >= 0.6 is 0 Å². The highest BCUT2D eigenvalue weighted by Crippen LogP contribution is 2.34. The predicted molar refractivity (Wildman–Crippen MR) is 38.6 cm³/mol. The third-order valence-electron chi connectivity index (χ3n) is 1.52. The molecule has 0 aromatic rings. The summed E-state index contributed by atoms with van der Waals surface area (Å²) in [5.41, 5.74) is -1.27. The molecule has 1 N–H and O–H groups in total. The Morgan fingerprint density at radius 3 is 2.23 bits per heavy atom. The molecule has 0 saturated carbocycles. The second-order valence-corrected chi connectivity index (χ2v) is 3.98. The molecular formula is C6H5F3O3S. The molecule has 1 rings (SSSR count). The van der Waals surface area contributed by atoms with Crippen LogP contribution in [-0.4, -0.2) is 24.4 Å². The van der Waals surface area contributed by atoms with Gasteiger partial charge in [-0.3, -0.25) is 4.55 Å². The van der Waals surface area contributed by atoms with E-state index in [-0.39, 0.29) is 0 Å². The standard InChI is InChI=1S/C6H5F3O3S/c7-6(8,9)4-2-1-3-5(4)13(10,11)12/h1-3,5H,(H,10,11,12). The number of alkyl halides is 3. The Morgan fingerprint density at radius 2 is 1.92 bits per heavy atom. The fourth-order valence-corrected chi connectivity index (χ4v) is 1.80. The second kappa shape index (κ2) is 2.85. The van der Waals surface area contributed by atoms with Gasteiger partial charge in [-0.1, -0.05) is 18.2 Å². The highest BCUT2D eigenvalue weighted by molar-refractivity contribution is 7.86. The summed E-state index contributed by atoms with van der Waals surface area (Å²) in [5, 5.41) is -1.98. The Balaban J connectivity index is 3.06.